The number of benzene rings is 2. The van der Waals surface area contributed by atoms with E-state index >= 15 is 0 Å². The molecule has 4 rings (SSSR count). The fourth-order valence-corrected chi connectivity index (χ4v) is 5.07. The minimum absolute atomic E-state index is 0.0291. The molecule has 2 aromatic carbocycles. The molecule has 1 amide bonds. The second kappa shape index (κ2) is 14.2. The van der Waals surface area contributed by atoms with Crippen LogP contribution in [0.3, 0.4) is 0 Å². The van der Waals surface area contributed by atoms with Crippen molar-refractivity contribution < 1.29 is 28.6 Å². The van der Waals surface area contributed by atoms with Crippen molar-refractivity contribution in [1.29, 1.82) is 0 Å². The number of amides is 1. The lowest BCUT2D eigenvalue weighted by molar-refractivity contribution is -0.122. The number of aliphatic imine (C=N–C) groups is 1. The van der Waals surface area contributed by atoms with E-state index in [1.807, 2.05) is 0 Å². The molecular weight excluding hydrogens is 499 g/mol. The largest absolute Gasteiger partial charge is 0.486 e. The van der Waals surface area contributed by atoms with Gasteiger partial charge >= 0.3 is 0 Å². The second-order valence-electron chi connectivity index (χ2n) is 10.4. The summed E-state index contributed by atoms with van der Waals surface area (Å²) in [5.74, 6) is 1.20. The summed E-state index contributed by atoms with van der Waals surface area (Å²) in [6.45, 7) is 3.42. The first kappa shape index (κ1) is 28.7. The smallest absolute Gasteiger partial charge is 0.220 e. The van der Waals surface area contributed by atoms with E-state index in [2.05, 4.69) is 12.2 Å². The molecule has 1 fully saturated rings. The summed E-state index contributed by atoms with van der Waals surface area (Å²) in [6, 6.07) is 10.3. The molecule has 2 N–H and O–H groups in total. The van der Waals surface area contributed by atoms with Crippen LogP contribution in [0, 0.1) is 11.7 Å². The number of halogens is 1. The first-order valence-corrected chi connectivity index (χ1v) is 14.1. The SMILES string of the molecule is CCCC1CCC1=NC[C@@H](NC(=O)CCCCCC(=O)c1ccc(F)cc1)[C@H](O)c1ccc2c(c1)OCCO2. The maximum absolute atomic E-state index is 13.1. The van der Waals surface area contributed by atoms with Crippen molar-refractivity contribution in [3.05, 3.63) is 59.4 Å². The number of rotatable bonds is 14. The highest BCUT2D eigenvalue weighted by atomic mass is 19.1. The van der Waals surface area contributed by atoms with E-state index < -0.39 is 12.1 Å². The van der Waals surface area contributed by atoms with Gasteiger partial charge in [-0.1, -0.05) is 25.8 Å². The molecule has 1 unspecified atom stereocenters. The topological polar surface area (TPSA) is 97.2 Å². The van der Waals surface area contributed by atoms with Crippen molar-refractivity contribution in [2.75, 3.05) is 19.8 Å². The van der Waals surface area contributed by atoms with Crippen LogP contribution >= 0.6 is 0 Å². The van der Waals surface area contributed by atoms with Gasteiger partial charge in [-0.15, -0.1) is 0 Å². The van der Waals surface area contributed by atoms with Gasteiger partial charge in [-0.05, 0) is 80.0 Å². The molecule has 0 aromatic heterocycles. The molecule has 2 aromatic rings. The van der Waals surface area contributed by atoms with Crippen molar-refractivity contribution in [3.8, 4) is 11.5 Å². The minimum Gasteiger partial charge on any atom is -0.486 e. The molecule has 0 radical (unpaired) electrons. The number of ketones is 1. The van der Waals surface area contributed by atoms with Crippen molar-refractivity contribution in [2.24, 2.45) is 10.9 Å². The van der Waals surface area contributed by atoms with Crippen LogP contribution in [0.25, 0.3) is 0 Å². The number of ether oxygens (including phenoxy) is 2. The summed E-state index contributed by atoms with van der Waals surface area (Å²) in [7, 11) is 0. The summed E-state index contributed by atoms with van der Waals surface area (Å²) < 4.78 is 24.3. The fraction of sp³-hybridized carbons (Fsp3) is 0.516. The van der Waals surface area contributed by atoms with E-state index in [0.717, 1.165) is 32.1 Å². The van der Waals surface area contributed by atoms with Gasteiger partial charge in [0.1, 0.15) is 25.1 Å². The molecule has 39 heavy (non-hydrogen) atoms. The van der Waals surface area contributed by atoms with Crippen molar-refractivity contribution in [1.82, 2.24) is 5.32 Å². The number of carbonyl (C=O) groups is 2. The van der Waals surface area contributed by atoms with E-state index in [0.29, 0.717) is 74.0 Å². The van der Waals surface area contributed by atoms with E-state index in [1.165, 1.54) is 30.0 Å². The summed E-state index contributed by atoms with van der Waals surface area (Å²) in [5, 5.41) is 14.3. The van der Waals surface area contributed by atoms with Crippen LogP contribution in [-0.2, 0) is 4.79 Å². The maximum Gasteiger partial charge on any atom is 0.220 e. The molecule has 210 valence electrons. The molecule has 7 nitrogen and oxygen atoms in total. The maximum atomic E-state index is 13.1. The van der Waals surface area contributed by atoms with Gasteiger partial charge in [-0.25, -0.2) is 4.39 Å². The zero-order valence-electron chi connectivity index (χ0n) is 22.7. The molecule has 0 bridgehead atoms. The first-order valence-electron chi connectivity index (χ1n) is 14.1. The number of unbranched alkanes of at least 4 members (excludes halogenated alkanes) is 2. The minimum atomic E-state index is -0.952. The van der Waals surface area contributed by atoms with Crippen LogP contribution in [0.4, 0.5) is 4.39 Å². The highest BCUT2D eigenvalue weighted by Gasteiger charge is 2.28. The zero-order chi connectivity index (χ0) is 27.6. The van der Waals surface area contributed by atoms with Crippen LogP contribution in [0.1, 0.15) is 86.7 Å². The third-order valence-corrected chi connectivity index (χ3v) is 7.46. The van der Waals surface area contributed by atoms with E-state index in [9.17, 15) is 19.1 Å². The van der Waals surface area contributed by atoms with Crippen LogP contribution in [-0.4, -0.2) is 48.3 Å². The Bertz CT molecular complexity index is 1150. The molecule has 2 aliphatic rings. The van der Waals surface area contributed by atoms with Crippen LogP contribution < -0.4 is 14.8 Å². The number of hydrogen-bond donors (Lipinski definition) is 2. The van der Waals surface area contributed by atoms with Crippen molar-refractivity contribution in [3.63, 3.8) is 0 Å². The van der Waals surface area contributed by atoms with Crippen LogP contribution in [0.5, 0.6) is 11.5 Å². The van der Waals surface area contributed by atoms with Crippen LogP contribution in [0.2, 0.25) is 0 Å². The highest BCUT2D eigenvalue weighted by Crippen LogP contribution is 2.34. The van der Waals surface area contributed by atoms with Crippen molar-refractivity contribution in [2.45, 2.75) is 76.9 Å². The number of aliphatic hydroxyl groups excluding tert-OH is 1. The predicted octanol–water partition coefficient (Wildman–Crippen LogP) is 5.60. The van der Waals surface area contributed by atoms with Gasteiger partial charge in [0.25, 0.3) is 0 Å². The van der Waals surface area contributed by atoms with Crippen LogP contribution in [0.15, 0.2) is 47.5 Å². The molecule has 1 saturated carbocycles. The molecule has 3 atom stereocenters. The predicted molar refractivity (Wildman–Crippen MR) is 148 cm³/mol. The van der Waals surface area contributed by atoms with Gasteiger partial charge in [0.05, 0.1) is 12.6 Å². The number of Topliss-reactive ketones (excluding diaryl/α,β-unsaturated/α-hetero) is 1. The summed E-state index contributed by atoms with van der Waals surface area (Å²) in [4.78, 5) is 29.9. The Balaban J connectivity index is 1.30. The van der Waals surface area contributed by atoms with Crippen molar-refractivity contribution >= 4 is 17.4 Å². The Morgan fingerprint density at radius 2 is 1.79 bits per heavy atom. The molecule has 1 heterocycles. The number of fused-ring (bicyclic) bond motifs is 1. The summed E-state index contributed by atoms with van der Waals surface area (Å²) in [6.07, 6.45) is 6.05. The summed E-state index contributed by atoms with van der Waals surface area (Å²) in [5.41, 5.74) is 2.32. The lowest BCUT2D eigenvalue weighted by atomic mass is 9.80. The monoisotopic (exact) mass is 538 g/mol. The number of aliphatic hydroxyl groups is 1. The number of nitrogens with zero attached hydrogens (tertiary/aromatic N) is 1. The van der Waals surface area contributed by atoms with E-state index in [1.54, 1.807) is 18.2 Å². The van der Waals surface area contributed by atoms with Gasteiger partial charge in [0, 0.05) is 24.1 Å². The number of nitrogens with one attached hydrogen (secondary N) is 1. The summed E-state index contributed by atoms with van der Waals surface area (Å²) >= 11 is 0. The van der Waals surface area contributed by atoms with E-state index in [4.69, 9.17) is 14.5 Å². The lowest BCUT2D eigenvalue weighted by Gasteiger charge is -2.30. The Morgan fingerprint density at radius 1 is 1.05 bits per heavy atom. The standard InChI is InChI=1S/C31H39FN2O5/c1-2-6-21-11-15-25(21)33-20-26(31(37)23-12-16-28-29(19-23)39-18-17-38-28)34-30(36)8-5-3-4-7-27(35)22-9-13-24(32)14-10-22/h9-10,12-14,16,19,21,26,31,37H,2-8,11,15,17-18,20H2,1H3,(H,34,36)/t21?,26-,31-/m1/s1. The molecule has 1 aliphatic heterocycles. The Labute approximate surface area is 229 Å². The normalized spacial score (nSPS) is 18.7. The lowest BCUT2D eigenvalue weighted by Crippen LogP contribution is -2.42. The molecule has 0 spiro atoms. The Morgan fingerprint density at radius 3 is 2.51 bits per heavy atom. The number of carbonyl (C=O) groups excluding carboxylic acids is 2. The van der Waals surface area contributed by atoms with E-state index in [-0.39, 0.29) is 17.5 Å². The van der Waals surface area contributed by atoms with Gasteiger partial charge in [-0.3, -0.25) is 14.6 Å². The highest BCUT2D eigenvalue weighted by molar-refractivity contribution is 5.96. The average molecular weight is 539 g/mol. The third-order valence-electron chi connectivity index (χ3n) is 7.46. The Kier molecular flexibility index (Phi) is 10.5. The molecule has 8 heteroatoms. The molecule has 0 saturated heterocycles. The second-order valence-corrected chi connectivity index (χ2v) is 10.4. The van der Waals surface area contributed by atoms with Gasteiger partial charge in [-0.2, -0.15) is 0 Å². The molecule has 1 aliphatic carbocycles. The fourth-order valence-electron chi connectivity index (χ4n) is 5.07. The Hall–Kier alpha value is -3.26. The van der Waals surface area contributed by atoms with Gasteiger partial charge in [0.2, 0.25) is 5.91 Å². The quantitative estimate of drug-likeness (QED) is 0.241. The molecular formula is C31H39FN2O5. The van der Waals surface area contributed by atoms with Gasteiger partial charge in [0.15, 0.2) is 17.3 Å². The van der Waals surface area contributed by atoms with Gasteiger partial charge < -0.3 is 19.9 Å². The third kappa shape index (κ3) is 8.12. The average Bonchev–Trinajstić information content (AvgIpc) is 2.94. The number of hydrogen-bond acceptors (Lipinski definition) is 6. The zero-order valence-corrected chi connectivity index (χ0v) is 22.7. The first-order chi connectivity index (χ1) is 18.9.